The molecule has 0 aromatic heterocycles. The van der Waals surface area contributed by atoms with E-state index in [0.29, 0.717) is 6.04 Å². The van der Waals surface area contributed by atoms with E-state index >= 15 is 0 Å². The second kappa shape index (κ2) is 5.28. The van der Waals surface area contributed by atoms with Gasteiger partial charge >= 0.3 is 0 Å². The van der Waals surface area contributed by atoms with Crippen molar-refractivity contribution in [1.82, 2.24) is 9.88 Å². The van der Waals surface area contributed by atoms with Crippen LogP contribution in [-0.4, -0.2) is 38.4 Å². The minimum absolute atomic E-state index is 0.640. The lowest BCUT2D eigenvalue weighted by Gasteiger charge is -2.35. The summed E-state index contributed by atoms with van der Waals surface area (Å²) in [5, 5.41) is 0. The van der Waals surface area contributed by atoms with Crippen LogP contribution in [0.1, 0.15) is 33.1 Å². The number of nitrogens with one attached hydrogen (secondary N) is 1. The molecule has 1 rings (SSSR count). The molecule has 84 valence electrons. The highest BCUT2D eigenvalue weighted by Crippen LogP contribution is 2.11. The van der Waals surface area contributed by atoms with Crippen LogP contribution in [0.2, 0.25) is 13.1 Å². The zero-order chi connectivity index (χ0) is 10.6. The summed E-state index contributed by atoms with van der Waals surface area (Å²) in [6.45, 7) is 12.1. The molecule has 1 fully saturated rings. The van der Waals surface area contributed by atoms with Crippen molar-refractivity contribution < 1.29 is 0 Å². The number of hydrogen-bond donors (Lipinski definition) is 1. The largest absolute Gasteiger partial charge is 0.334 e. The Bertz CT molecular complexity index is 163. The van der Waals surface area contributed by atoms with Crippen molar-refractivity contribution in [2.24, 2.45) is 0 Å². The van der Waals surface area contributed by atoms with E-state index in [1.54, 1.807) is 0 Å². The van der Waals surface area contributed by atoms with Crippen LogP contribution in [0.3, 0.4) is 0 Å². The number of likely N-dealkylation sites (tertiary alicyclic amines) is 1. The van der Waals surface area contributed by atoms with E-state index < -0.39 is 8.24 Å². The van der Waals surface area contributed by atoms with Crippen LogP contribution in [0.25, 0.3) is 0 Å². The number of rotatable bonds is 4. The first-order chi connectivity index (χ1) is 6.49. The fourth-order valence-corrected chi connectivity index (χ4v) is 5.59. The molecule has 0 aliphatic carbocycles. The second-order valence-corrected chi connectivity index (χ2v) is 9.89. The Labute approximate surface area is 90.2 Å². The summed E-state index contributed by atoms with van der Waals surface area (Å²) in [6.07, 6.45) is 5.58. The summed E-state index contributed by atoms with van der Waals surface area (Å²) in [7, 11) is -1.18. The van der Waals surface area contributed by atoms with E-state index in [0.717, 1.165) is 0 Å². The van der Waals surface area contributed by atoms with Gasteiger partial charge in [0.1, 0.15) is 8.24 Å². The third kappa shape index (κ3) is 4.58. The van der Waals surface area contributed by atoms with Crippen molar-refractivity contribution in [3.63, 3.8) is 0 Å². The molecule has 1 N–H and O–H groups in total. The normalized spacial score (nSPS) is 20.4. The van der Waals surface area contributed by atoms with Gasteiger partial charge in [0.25, 0.3) is 0 Å². The lowest BCUT2D eigenvalue weighted by atomic mass is 10.1. The molecule has 0 radical (unpaired) electrons. The van der Waals surface area contributed by atoms with Crippen molar-refractivity contribution in [3.8, 4) is 0 Å². The molecule has 0 spiro atoms. The highest BCUT2D eigenvalue weighted by molar-refractivity contribution is 6.75. The van der Waals surface area contributed by atoms with E-state index in [9.17, 15) is 0 Å². The van der Waals surface area contributed by atoms with Crippen LogP contribution in [0, 0.1) is 0 Å². The Hall–Kier alpha value is 0.137. The van der Waals surface area contributed by atoms with E-state index in [1.165, 1.54) is 38.5 Å². The molecule has 1 saturated heterocycles. The Morgan fingerprint density at radius 3 is 2.21 bits per heavy atom. The minimum atomic E-state index is -1.18. The van der Waals surface area contributed by atoms with Gasteiger partial charge in [-0.05, 0) is 32.0 Å². The van der Waals surface area contributed by atoms with E-state index in [1.807, 2.05) is 0 Å². The topological polar surface area (TPSA) is 15.3 Å². The van der Waals surface area contributed by atoms with Crippen molar-refractivity contribution >= 4 is 8.24 Å². The van der Waals surface area contributed by atoms with Crippen LogP contribution in [0.4, 0.5) is 0 Å². The highest BCUT2D eigenvalue weighted by atomic mass is 28.3. The van der Waals surface area contributed by atoms with Crippen LogP contribution >= 0.6 is 0 Å². The summed E-state index contributed by atoms with van der Waals surface area (Å²) in [6, 6.07) is 0.640. The summed E-state index contributed by atoms with van der Waals surface area (Å²) in [4.78, 5) is 6.42. The zero-order valence-electron chi connectivity index (χ0n) is 10.3. The van der Waals surface area contributed by atoms with Crippen molar-refractivity contribution in [1.29, 1.82) is 0 Å². The van der Waals surface area contributed by atoms with Gasteiger partial charge in [0.15, 0.2) is 0 Å². The average Bonchev–Trinajstić information content (AvgIpc) is 2.02. The molecule has 1 heterocycles. The maximum Gasteiger partial charge on any atom is 0.133 e. The number of hydrogen-bond acceptors (Lipinski definition) is 2. The molecule has 3 heteroatoms. The smallest absolute Gasteiger partial charge is 0.133 e. The van der Waals surface area contributed by atoms with Gasteiger partial charge in [0.2, 0.25) is 0 Å². The first-order valence-electron chi connectivity index (χ1n) is 6.00. The molecule has 2 nitrogen and oxygen atoms in total. The lowest BCUT2D eigenvalue weighted by molar-refractivity contribution is 0.257. The summed E-state index contributed by atoms with van der Waals surface area (Å²) < 4.78 is 0. The van der Waals surface area contributed by atoms with Crippen LogP contribution in [0.5, 0.6) is 0 Å². The molecule has 1 aliphatic heterocycles. The van der Waals surface area contributed by atoms with Crippen LogP contribution in [-0.2, 0) is 0 Å². The molecular weight excluding hydrogens is 188 g/mol. The van der Waals surface area contributed by atoms with Gasteiger partial charge in [0.05, 0.1) is 0 Å². The van der Waals surface area contributed by atoms with E-state index in [-0.39, 0.29) is 0 Å². The molecule has 14 heavy (non-hydrogen) atoms. The minimum Gasteiger partial charge on any atom is -0.334 e. The maximum atomic E-state index is 3.76. The van der Waals surface area contributed by atoms with Gasteiger partial charge in [-0.1, -0.05) is 33.4 Å². The van der Waals surface area contributed by atoms with Crippen molar-refractivity contribution in [2.45, 2.75) is 52.2 Å². The first kappa shape index (κ1) is 12.2. The molecular formula is C11H26N2Si. The standard InChI is InChI=1S/C11H26N2Si/c1-11(2)12-14(3,4)10-13-8-6-5-7-9-13/h11-12H,5-10H2,1-4H3. The SMILES string of the molecule is CC(C)N[Si](C)(C)CN1CCCCC1. The summed E-state index contributed by atoms with van der Waals surface area (Å²) in [5.41, 5.74) is 0. The van der Waals surface area contributed by atoms with E-state index in [4.69, 9.17) is 0 Å². The summed E-state index contributed by atoms with van der Waals surface area (Å²) >= 11 is 0. The zero-order valence-corrected chi connectivity index (χ0v) is 11.3. The highest BCUT2D eigenvalue weighted by Gasteiger charge is 2.25. The molecule has 1 aliphatic rings. The predicted molar refractivity (Wildman–Crippen MR) is 66.0 cm³/mol. The third-order valence-corrected chi connectivity index (χ3v) is 5.34. The molecule has 0 saturated carbocycles. The van der Waals surface area contributed by atoms with E-state index in [2.05, 4.69) is 36.8 Å². The number of piperidine rings is 1. The van der Waals surface area contributed by atoms with Crippen molar-refractivity contribution in [3.05, 3.63) is 0 Å². The average molecular weight is 214 g/mol. The third-order valence-electron chi connectivity index (χ3n) is 2.75. The van der Waals surface area contributed by atoms with Gasteiger partial charge in [-0.3, -0.25) is 0 Å². The predicted octanol–water partition coefficient (Wildman–Crippen LogP) is 2.21. The molecule has 0 unspecified atom stereocenters. The fourth-order valence-electron chi connectivity index (χ4n) is 2.50. The van der Waals surface area contributed by atoms with Gasteiger partial charge < -0.3 is 9.88 Å². The van der Waals surface area contributed by atoms with Gasteiger partial charge in [-0.2, -0.15) is 0 Å². The quantitative estimate of drug-likeness (QED) is 0.722. The van der Waals surface area contributed by atoms with Gasteiger partial charge in [-0.15, -0.1) is 0 Å². The van der Waals surface area contributed by atoms with Crippen LogP contribution in [0.15, 0.2) is 0 Å². The second-order valence-electron chi connectivity index (χ2n) is 5.52. The monoisotopic (exact) mass is 214 g/mol. The number of nitrogens with zero attached hydrogens (tertiary/aromatic N) is 1. The first-order valence-corrected chi connectivity index (χ1v) is 9.20. The van der Waals surface area contributed by atoms with Gasteiger partial charge in [0, 0.05) is 6.17 Å². The molecule has 0 atom stereocenters. The van der Waals surface area contributed by atoms with Crippen LogP contribution < -0.4 is 4.98 Å². The molecule has 0 bridgehead atoms. The molecule has 0 aromatic rings. The Balaban J connectivity index is 2.32. The fraction of sp³-hybridized carbons (Fsp3) is 1.00. The van der Waals surface area contributed by atoms with Gasteiger partial charge in [-0.25, -0.2) is 0 Å². The Kier molecular flexibility index (Phi) is 4.61. The maximum absolute atomic E-state index is 3.76. The van der Waals surface area contributed by atoms with Crippen molar-refractivity contribution in [2.75, 3.05) is 19.3 Å². The Morgan fingerprint density at radius 1 is 1.14 bits per heavy atom. The molecule has 0 amide bonds. The lowest BCUT2D eigenvalue weighted by Crippen LogP contribution is -2.57. The molecule has 0 aromatic carbocycles. The Morgan fingerprint density at radius 2 is 1.71 bits per heavy atom. The summed E-state index contributed by atoms with van der Waals surface area (Å²) in [5.74, 6) is 0.